The van der Waals surface area contributed by atoms with Crippen molar-refractivity contribution in [1.29, 1.82) is 0 Å². The minimum Gasteiger partial charge on any atom is -0.466 e. The molecule has 0 heterocycles. The zero-order valence-corrected chi connectivity index (χ0v) is 15.2. The van der Waals surface area contributed by atoms with Crippen LogP contribution in [-0.2, 0) is 0 Å². The molecule has 138 valence electrons. The van der Waals surface area contributed by atoms with Gasteiger partial charge in [0.25, 0.3) is 0 Å². The normalized spacial score (nSPS) is 13.3. The first-order chi connectivity index (χ1) is 12.7. The van der Waals surface area contributed by atoms with Crippen molar-refractivity contribution < 1.29 is 9.84 Å². The second kappa shape index (κ2) is 10.4. The minimum atomic E-state index is -0.731. The Labute approximate surface area is 155 Å². The Morgan fingerprint density at radius 3 is 2.42 bits per heavy atom. The van der Waals surface area contributed by atoms with Crippen LogP contribution in [0.25, 0.3) is 11.1 Å². The maximum absolute atomic E-state index is 10.5. The molecular weight excluding hydrogens is 326 g/mol. The highest BCUT2D eigenvalue weighted by Gasteiger charge is 2.24. The van der Waals surface area contributed by atoms with Gasteiger partial charge in [-0.2, -0.15) is 0 Å². The first-order valence-electron chi connectivity index (χ1n) is 8.83. The summed E-state index contributed by atoms with van der Waals surface area (Å²) in [4.78, 5) is 3.90. The Morgan fingerprint density at radius 2 is 1.81 bits per heavy atom. The van der Waals surface area contributed by atoms with Crippen LogP contribution in [-0.4, -0.2) is 28.8 Å². The lowest BCUT2D eigenvalue weighted by Crippen LogP contribution is -2.50. The molecule has 0 fully saturated rings. The summed E-state index contributed by atoms with van der Waals surface area (Å²) in [5.41, 5.74) is 2.23. The summed E-state index contributed by atoms with van der Waals surface area (Å²) in [5, 5.41) is 11.7. The van der Waals surface area contributed by atoms with Gasteiger partial charge in [0, 0.05) is 6.20 Å². The summed E-state index contributed by atoms with van der Waals surface area (Å²) in [5.74, 6) is 6.63. The van der Waals surface area contributed by atoms with Crippen molar-refractivity contribution >= 4 is 6.34 Å². The minimum absolute atomic E-state index is 0.596. The third kappa shape index (κ3) is 5.72. The number of rotatable bonds is 10. The van der Waals surface area contributed by atoms with E-state index < -0.39 is 12.3 Å². The van der Waals surface area contributed by atoms with Gasteiger partial charge in [0.05, 0.1) is 0 Å². The number of unbranched alkanes of at least 4 members (excludes halogenated alkanes) is 1. The molecule has 0 spiro atoms. The fraction of sp³-hybridized carbons (Fsp3) is 0.286. The molecule has 0 amide bonds. The molecule has 0 aliphatic heterocycles. The van der Waals surface area contributed by atoms with Gasteiger partial charge in [0.1, 0.15) is 18.2 Å². The monoisotopic (exact) mass is 353 g/mol. The molecule has 2 aromatic carbocycles. The first kappa shape index (κ1) is 19.7. The summed E-state index contributed by atoms with van der Waals surface area (Å²) in [6, 6.07) is 17.8. The van der Waals surface area contributed by atoms with E-state index in [4.69, 9.17) is 10.6 Å². The molecule has 5 nitrogen and oxygen atoms in total. The number of benzene rings is 2. The van der Waals surface area contributed by atoms with Crippen molar-refractivity contribution in [3.8, 4) is 16.9 Å². The Morgan fingerprint density at radius 1 is 1.15 bits per heavy atom. The number of ether oxygens (including phenoxy) is 1. The number of aliphatic imine (C=N–C) groups is 1. The molecule has 26 heavy (non-hydrogen) atoms. The maximum atomic E-state index is 10.5. The fourth-order valence-electron chi connectivity index (χ4n) is 2.58. The highest BCUT2D eigenvalue weighted by molar-refractivity contribution is 5.64. The molecule has 0 saturated heterocycles. The van der Waals surface area contributed by atoms with Crippen molar-refractivity contribution in [1.82, 2.24) is 5.01 Å². The molecule has 5 heteroatoms. The lowest BCUT2D eigenvalue weighted by atomic mass is 10.1. The zero-order valence-electron chi connectivity index (χ0n) is 15.2. The number of hydrogen-bond donors (Lipinski definition) is 2. The molecule has 2 unspecified atom stereocenters. The molecule has 0 radical (unpaired) electrons. The van der Waals surface area contributed by atoms with Crippen molar-refractivity contribution in [2.24, 2.45) is 10.8 Å². The SMILES string of the molecule is C=C/N=C\N(N)C(Oc1ccc(-c2ccccc2)cc1)C(O)CCCC. The van der Waals surface area contributed by atoms with Crippen molar-refractivity contribution in [3.05, 3.63) is 67.4 Å². The zero-order chi connectivity index (χ0) is 18.8. The molecule has 0 aliphatic carbocycles. The number of nitrogens with two attached hydrogens (primary N) is 1. The van der Waals surface area contributed by atoms with Gasteiger partial charge in [0.2, 0.25) is 6.23 Å². The summed E-state index contributed by atoms with van der Waals surface area (Å²) >= 11 is 0. The van der Waals surface area contributed by atoms with E-state index in [0.29, 0.717) is 12.2 Å². The van der Waals surface area contributed by atoms with E-state index in [9.17, 15) is 5.11 Å². The van der Waals surface area contributed by atoms with E-state index in [0.717, 1.165) is 24.0 Å². The summed E-state index contributed by atoms with van der Waals surface area (Å²) in [6.45, 7) is 5.60. The first-order valence-corrected chi connectivity index (χ1v) is 8.83. The van der Waals surface area contributed by atoms with Gasteiger partial charge in [-0.3, -0.25) is 5.01 Å². The van der Waals surface area contributed by atoms with Gasteiger partial charge in [-0.05, 0) is 29.7 Å². The second-order valence-corrected chi connectivity index (χ2v) is 6.00. The van der Waals surface area contributed by atoms with Gasteiger partial charge in [0.15, 0.2) is 0 Å². The van der Waals surface area contributed by atoms with Crippen molar-refractivity contribution in [3.63, 3.8) is 0 Å². The van der Waals surface area contributed by atoms with Gasteiger partial charge in [-0.15, -0.1) is 0 Å². The standard InChI is InChI=1S/C21H27N3O2/c1-3-5-11-20(25)21(24(22)16-23-4-2)26-19-14-12-18(13-15-19)17-9-7-6-8-10-17/h4,6-10,12-16,20-21,25H,2-3,5,11,22H2,1H3/b23-16-. The molecule has 0 aliphatic rings. The largest absolute Gasteiger partial charge is 0.466 e. The fourth-order valence-corrected chi connectivity index (χ4v) is 2.58. The average molecular weight is 353 g/mol. The number of aliphatic hydroxyl groups is 1. The third-order valence-electron chi connectivity index (χ3n) is 4.00. The van der Waals surface area contributed by atoms with E-state index in [2.05, 4.69) is 30.6 Å². The molecule has 2 atom stereocenters. The molecule has 0 saturated carbocycles. The molecule has 0 bridgehead atoms. The molecule has 2 aromatic rings. The Hall–Kier alpha value is -2.63. The van der Waals surface area contributed by atoms with Gasteiger partial charge < -0.3 is 9.84 Å². The average Bonchev–Trinajstić information content (AvgIpc) is 2.69. The lowest BCUT2D eigenvalue weighted by Gasteiger charge is -2.30. The predicted molar refractivity (Wildman–Crippen MR) is 107 cm³/mol. The van der Waals surface area contributed by atoms with Crippen LogP contribution >= 0.6 is 0 Å². The number of hydrazine groups is 1. The second-order valence-electron chi connectivity index (χ2n) is 6.00. The van der Waals surface area contributed by atoms with Gasteiger partial charge in [-0.25, -0.2) is 10.8 Å². The van der Waals surface area contributed by atoms with Crippen LogP contribution in [0.3, 0.4) is 0 Å². The molecule has 2 rings (SSSR count). The summed E-state index contributed by atoms with van der Waals surface area (Å²) < 4.78 is 5.95. The van der Waals surface area contributed by atoms with E-state index in [1.807, 2.05) is 42.5 Å². The lowest BCUT2D eigenvalue weighted by molar-refractivity contribution is -0.0380. The van der Waals surface area contributed by atoms with Crippen molar-refractivity contribution in [2.45, 2.75) is 38.5 Å². The van der Waals surface area contributed by atoms with Crippen LogP contribution in [0.5, 0.6) is 5.75 Å². The summed E-state index contributed by atoms with van der Waals surface area (Å²) in [7, 11) is 0. The number of hydrogen-bond acceptors (Lipinski definition) is 4. The van der Waals surface area contributed by atoms with Crippen LogP contribution in [0.1, 0.15) is 26.2 Å². The topological polar surface area (TPSA) is 71.1 Å². The van der Waals surface area contributed by atoms with E-state index in [1.165, 1.54) is 17.5 Å². The van der Waals surface area contributed by atoms with Crippen LogP contribution in [0.4, 0.5) is 0 Å². The maximum Gasteiger partial charge on any atom is 0.212 e. The van der Waals surface area contributed by atoms with Crippen LogP contribution in [0, 0.1) is 0 Å². The number of aliphatic hydroxyl groups excluding tert-OH is 1. The van der Waals surface area contributed by atoms with E-state index in [1.54, 1.807) is 0 Å². The Kier molecular flexibility index (Phi) is 7.86. The predicted octanol–water partition coefficient (Wildman–Crippen LogP) is 3.96. The highest BCUT2D eigenvalue weighted by Crippen LogP contribution is 2.23. The number of nitrogens with zero attached hydrogens (tertiary/aromatic N) is 2. The van der Waals surface area contributed by atoms with Crippen molar-refractivity contribution in [2.75, 3.05) is 0 Å². The van der Waals surface area contributed by atoms with E-state index >= 15 is 0 Å². The van der Waals surface area contributed by atoms with Gasteiger partial charge >= 0.3 is 0 Å². The summed E-state index contributed by atoms with van der Waals surface area (Å²) in [6.07, 6.45) is 3.79. The van der Waals surface area contributed by atoms with E-state index in [-0.39, 0.29) is 0 Å². The Balaban J connectivity index is 2.13. The van der Waals surface area contributed by atoms with Crippen LogP contribution in [0.15, 0.2) is 72.4 Å². The van der Waals surface area contributed by atoms with Gasteiger partial charge in [-0.1, -0.05) is 68.8 Å². The Bertz CT molecular complexity index is 686. The molecule has 0 aromatic heterocycles. The molecular formula is C21H27N3O2. The third-order valence-corrected chi connectivity index (χ3v) is 4.00. The smallest absolute Gasteiger partial charge is 0.212 e. The highest BCUT2D eigenvalue weighted by atomic mass is 16.5. The van der Waals surface area contributed by atoms with Crippen LogP contribution < -0.4 is 10.6 Å². The molecule has 3 N–H and O–H groups in total. The quantitative estimate of drug-likeness (QED) is 0.223. The van der Waals surface area contributed by atoms with Crippen LogP contribution in [0.2, 0.25) is 0 Å².